The second-order valence-corrected chi connectivity index (χ2v) is 7.40. The number of sulfonamides is 1. The van der Waals surface area contributed by atoms with Crippen molar-refractivity contribution < 1.29 is 13.2 Å². The lowest BCUT2D eigenvalue weighted by Crippen LogP contribution is -2.31. The van der Waals surface area contributed by atoms with E-state index in [9.17, 15) is 13.2 Å². The molecule has 1 unspecified atom stereocenters. The maximum absolute atomic E-state index is 12.2. The van der Waals surface area contributed by atoms with E-state index in [0.717, 1.165) is 5.56 Å². The van der Waals surface area contributed by atoms with Crippen LogP contribution in [-0.2, 0) is 14.8 Å². The fourth-order valence-corrected chi connectivity index (χ4v) is 3.38. The van der Waals surface area contributed by atoms with Gasteiger partial charge in [0.1, 0.15) is 0 Å². The van der Waals surface area contributed by atoms with Gasteiger partial charge in [0.15, 0.2) is 0 Å². The molecular formula is C19H22N2O3S. The fourth-order valence-electron chi connectivity index (χ4n) is 2.05. The molecule has 2 aromatic carbocycles. The molecule has 132 valence electrons. The minimum Gasteiger partial charge on any atom is -0.323 e. The van der Waals surface area contributed by atoms with E-state index in [1.54, 1.807) is 18.2 Å². The summed E-state index contributed by atoms with van der Waals surface area (Å²) in [6, 6.07) is 15.4. The van der Waals surface area contributed by atoms with Gasteiger partial charge in [-0.05, 0) is 49.2 Å². The van der Waals surface area contributed by atoms with E-state index in [-0.39, 0.29) is 16.8 Å². The van der Waals surface area contributed by atoms with Crippen molar-refractivity contribution in [2.45, 2.75) is 31.2 Å². The fraction of sp³-hybridized carbons (Fsp3) is 0.211. The number of hydrogen-bond donors (Lipinski definition) is 2. The summed E-state index contributed by atoms with van der Waals surface area (Å²) in [6.45, 7) is 3.72. The van der Waals surface area contributed by atoms with E-state index in [4.69, 9.17) is 0 Å². The van der Waals surface area contributed by atoms with Gasteiger partial charge in [0, 0.05) is 17.8 Å². The molecule has 6 heteroatoms. The minimum absolute atomic E-state index is 0.132. The Morgan fingerprint density at radius 1 is 1.08 bits per heavy atom. The Labute approximate surface area is 148 Å². The summed E-state index contributed by atoms with van der Waals surface area (Å²) < 4.78 is 27.0. The molecule has 0 aliphatic carbocycles. The first-order valence-electron chi connectivity index (χ1n) is 8.07. The van der Waals surface area contributed by atoms with Gasteiger partial charge < -0.3 is 5.32 Å². The van der Waals surface area contributed by atoms with Crippen LogP contribution >= 0.6 is 0 Å². The highest BCUT2D eigenvalue weighted by molar-refractivity contribution is 7.89. The van der Waals surface area contributed by atoms with Crippen molar-refractivity contribution in [1.29, 1.82) is 0 Å². The van der Waals surface area contributed by atoms with Crippen molar-refractivity contribution in [3.05, 3.63) is 66.2 Å². The number of anilines is 1. The van der Waals surface area contributed by atoms with Crippen LogP contribution in [0.5, 0.6) is 0 Å². The molecule has 0 bridgehead atoms. The number of rotatable bonds is 7. The molecule has 1 amide bonds. The first-order chi connectivity index (χ1) is 11.9. The smallest absolute Gasteiger partial charge is 0.248 e. The molecule has 0 aliphatic rings. The van der Waals surface area contributed by atoms with E-state index >= 15 is 0 Å². The third-order valence-electron chi connectivity index (χ3n) is 3.63. The Morgan fingerprint density at radius 2 is 1.72 bits per heavy atom. The van der Waals surface area contributed by atoms with Crippen molar-refractivity contribution in [1.82, 2.24) is 4.72 Å². The first-order valence-corrected chi connectivity index (χ1v) is 9.55. The molecule has 2 rings (SSSR count). The van der Waals surface area contributed by atoms with E-state index in [1.807, 2.05) is 44.2 Å². The summed E-state index contributed by atoms with van der Waals surface area (Å²) in [5, 5.41) is 2.70. The standard InChI is InChI=1S/C19H22N2O3S/c1-3-15(2)21-25(23,24)18-12-10-17(11-13-18)20-19(22)14-9-16-7-5-4-6-8-16/h4-15,21H,3H2,1-2H3,(H,20,22)/b14-9+. The van der Waals surface area contributed by atoms with Crippen molar-refractivity contribution in [3.8, 4) is 0 Å². The average molecular weight is 358 g/mol. The highest BCUT2D eigenvalue weighted by atomic mass is 32.2. The van der Waals surface area contributed by atoms with Crippen LogP contribution in [0.25, 0.3) is 6.08 Å². The van der Waals surface area contributed by atoms with Crippen LogP contribution in [0.3, 0.4) is 0 Å². The first kappa shape index (κ1) is 18.9. The molecule has 2 aromatic rings. The Kier molecular flexibility index (Phi) is 6.50. The lowest BCUT2D eigenvalue weighted by molar-refractivity contribution is -0.111. The molecule has 0 spiro atoms. The van der Waals surface area contributed by atoms with Crippen LogP contribution in [0, 0.1) is 0 Å². The molecule has 0 heterocycles. The van der Waals surface area contributed by atoms with E-state index < -0.39 is 10.0 Å². The topological polar surface area (TPSA) is 75.3 Å². The van der Waals surface area contributed by atoms with Crippen LogP contribution in [0.1, 0.15) is 25.8 Å². The molecule has 25 heavy (non-hydrogen) atoms. The summed E-state index contributed by atoms with van der Waals surface area (Å²) in [5.41, 5.74) is 1.46. The third-order valence-corrected chi connectivity index (χ3v) is 5.23. The van der Waals surface area contributed by atoms with Crippen molar-refractivity contribution >= 4 is 27.7 Å². The molecular weight excluding hydrogens is 336 g/mol. The van der Waals surface area contributed by atoms with Gasteiger partial charge in [-0.1, -0.05) is 37.3 Å². The highest BCUT2D eigenvalue weighted by Gasteiger charge is 2.16. The highest BCUT2D eigenvalue weighted by Crippen LogP contribution is 2.15. The van der Waals surface area contributed by atoms with Gasteiger partial charge in [-0.3, -0.25) is 4.79 Å². The quantitative estimate of drug-likeness (QED) is 0.745. The Bertz CT molecular complexity index is 829. The van der Waals surface area contributed by atoms with Crippen molar-refractivity contribution in [3.63, 3.8) is 0 Å². The maximum atomic E-state index is 12.2. The molecule has 0 saturated carbocycles. The molecule has 0 aliphatic heterocycles. The minimum atomic E-state index is -3.54. The number of nitrogens with one attached hydrogen (secondary N) is 2. The van der Waals surface area contributed by atoms with Gasteiger partial charge in [0.25, 0.3) is 0 Å². The Hall–Kier alpha value is -2.44. The molecule has 0 aromatic heterocycles. The number of hydrogen-bond acceptors (Lipinski definition) is 3. The summed E-state index contributed by atoms with van der Waals surface area (Å²) in [6.07, 6.45) is 3.86. The Balaban J connectivity index is 2.00. The molecule has 1 atom stereocenters. The van der Waals surface area contributed by atoms with Crippen LogP contribution in [0.15, 0.2) is 65.6 Å². The second-order valence-electron chi connectivity index (χ2n) is 5.69. The normalized spacial score (nSPS) is 12.9. The zero-order chi connectivity index (χ0) is 18.3. The lowest BCUT2D eigenvalue weighted by atomic mass is 10.2. The van der Waals surface area contributed by atoms with Crippen molar-refractivity contribution in [2.75, 3.05) is 5.32 Å². The molecule has 0 fully saturated rings. The Morgan fingerprint density at radius 3 is 2.32 bits per heavy atom. The van der Waals surface area contributed by atoms with Crippen LogP contribution in [-0.4, -0.2) is 20.4 Å². The summed E-state index contributed by atoms with van der Waals surface area (Å²) in [7, 11) is -3.54. The average Bonchev–Trinajstić information content (AvgIpc) is 2.61. The van der Waals surface area contributed by atoms with Crippen molar-refractivity contribution in [2.24, 2.45) is 0 Å². The van der Waals surface area contributed by atoms with E-state index in [2.05, 4.69) is 10.0 Å². The molecule has 0 saturated heterocycles. The maximum Gasteiger partial charge on any atom is 0.248 e. The van der Waals surface area contributed by atoms with Crippen LogP contribution < -0.4 is 10.0 Å². The van der Waals surface area contributed by atoms with Crippen LogP contribution in [0.4, 0.5) is 5.69 Å². The summed E-state index contributed by atoms with van der Waals surface area (Å²) in [4.78, 5) is 12.1. The predicted octanol–water partition coefficient (Wildman–Crippen LogP) is 3.42. The third kappa shape index (κ3) is 5.85. The molecule has 2 N–H and O–H groups in total. The predicted molar refractivity (Wildman–Crippen MR) is 101 cm³/mol. The van der Waals surface area contributed by atoms with E-state index in [1.165, 1.54) is 18.2 Å². The second kappa shape index (κ2) is 8.60. The number of amides is 1. The zero-order valence-electron chi connectivity index (χ0n) is 14.3. The summed E-state index contributed by atoms with van der Waals surface area (Å²) >= 11 is 0. The molecule has 0 radical (unpaired) electrons. The van der Waals surface area contributed by atoms with Crippen LogP contribution in [0.2, 0.25) is 0 Å². The van der Waals surface area contributed by atoms with Gasteiger partial charge in [-0.15, -0.1) is 0 Å². The number of carbonyl (C=O) groups is 1. The van der Waals surface area contributed by atoms with Gasteiger partial charge in [0.2, 0.25) is 15.9 Å². The summed E-state index contributed by atoms with van der Waals surface area (Å²) in [5.74, 6) is -0.280. The number of benzene rings is 2. The van der Waals surface area contributed by atoms with Gasteiger partial charge >= 0.3 is 0 Å². The van der Waals surface area contributed by atoms with Gasteiger partial charge in [0.05, 0.1) is 4.90 Å². The molecule has 5 nitrogen and oxygen atoms in total. The SMILES string of the molecule is CCC(C)NS(=O)(=O)c1ccc(NC(=O)/C=C/c2ccccc2)cc1. The largest absolute Gasteiger partial charge is 0.323 e. The monoisotopic (exact) mass is 358 g/mol. The number of carbonyl (C=O) groups excluding carboxylic acids is 1. The lowest BCUT2D eigenvalue weighted by Gasteiger charge is -2.12. The van der Waals surface area contributed by atoms with Gasteiger partial charge in [-0.25, -0.2) is 13.1 Å². The van der Waals surface area contributed by atoms with E-state index in [0.29, 0.717) is 12.1 Å². The zero-order valence-corrected chi connectivity index (χ0v) is 15.1. The van der Waals surface area contributed by atoms with Gasteiger partial charge in [-0.2, -0.15) is 0 Å².